The molecule has 5 aromatic rings. The quantitative estimate of drug-likeness (QED) is 0.383. The summed E-state index contributed by atoms with van der Waals surface area (Å²) in [6.45, 7) is 2.17. The highest BCUT2D eigenvalue weighted by Gasteiger charge is 2.09. The lowest BCUT2D eigenvalue weighted by Crippen LogP contribution is -2.19. The molecular weight excluding hydrogens is 416 g/mol. The first-order valence-electron chi connectivity index (χ1n) is 10.3. The van der Waals surface area contributed by atoms with Crippen molar-refractivity contribution in [2.24, 2.45) is 0 Å². The van der Waals surface area contributed by atoms with Crippen LogP contribution in [0, 0.1) is 18.3 Å². The van der Waals surface area contributed by atoms with E-state index in [4.69, 9.17) is 14.5 Å². The van der Waals surface area contributed by atoms with E-state index in [0.717, 1.165) is 22.0 Å². The molecular formula is C26H18N4O3. The first-order chi connectivity index (χ1) is 16.1. The lowest BCUT2D eigenvalue weighted by atomic mass is 10.1. The Kier molecular flexibility index (Phi) is 5.17. The fraction of sp³-hybridized carbons (Fsp3) is 0.0769. The van der Waals surface area contributed by atoms with Crippen LogP contribution in [0.4, 0.5) is 0 Å². The van der Waals surface area contributed by atoms with Crippen molar-refractivity contribution >= 4 is 10.9 Å². The molecule has 2 heterocycles. The second kappa shape index (κ2) is 8.44. The van der Waals surface area contributed by atoms with Crippen molar-refractivity contribution in [3.8, 4) is 29.0 Å². The standard InChI is InChI=1S/C26H18N4O3/c1-17-28-26(29-33-17)20-7-5-18(6-8-20)16-30-24-11-10-23(14-21(24)9-12-25(30)31)32-22-4-2-3-19(13-22)15-27/h2-14H,16H2,1H3. The molecule has 0 amide bonds. The number of nitriles is 1. The highest BCUT2D eigenvalue weighted by molar-refractivity contribution is 5.80. The summed E-state index contributed by atoms with van der Waals surface area (Å²) >= 11 is 0. The van der Waals surface area contributed by atoms with Crippen LogP contribution in [0.1, 0.15) is 17.0 Å². The van der Waals surface area contributed by atoms with Crippen molar-refractivity contribution < 1.29 is 9.26 Å². The van der Waals surface area contributed by atoms with Crippen LogP contribution in [0.3, 0.4) is 0 Å². The molecule has 0 atom stereocenters. The third-order valence-electron chi connectivity index (χ3n) is 5.24. The smallest absolute Gasteiger partial charge is 0.251 e. The summed E-state index contributed by atoms with van der Waals surface area (Å²) in [5.74, 6) is 2.26. The predicted molar refractivity (Wildman–Crippen MR) is 123 cm³/mol. The van der Waals surface area contributed by atoms with Gasteiger partial charge in [-0.1, -0.05) is 35.5 Å². The summed E-state index contributed by atoms with van der Waals surface area (Å²) in [5.41, 5.74) is 3.07. The lowest BCUT2D eigenvalue weighted by Gasteiger charge is -2.12. The third kappa shape index (κ3) is 4.23. The van der Waals surface area contributed by atoms with Crippen LogP contribution in [-0.2, 0) is 6.54 Å². The molecule has 0 aliphatic carbocycles. The van der Waals surface area contributed by atoms with Gasteiger partial charge in [0.1, 0.15) is 11.5 Å². The number of aryl methyl sites for hydroxylation is 1. The molecule has 0 spiro atoms. The summed E-state index contributed by atoms with van der Waals surface area (Å²) < 4.78 is 12.7. The zero-order valence-electron chi connectivity index (χ0n) is 17.7. The van der Waals surface area contributed by atoms with Gasteiger partial charge in [0.2, 0.25) is 11.7 Å². The average Bonchev–Trinajstić information content (AvgIpc) is 3.28. The van der Waals surface area contributed by atoms with Crippen LogP contribution in [0.25, 0.3) is 22.3 Å². The van der Waals surface area contributed by atoms with Gasteiger partial charge in [0.15, 0.2) is 0 Å². The molecule has 160 valence electrons. The Bertz CT molecular complexity index is 1560. The lowest BCUT2D eigenvalue weighted by molar-refractivity contribution is 0.394. The van der Waals surface area contributed by atoms with E-state index >= 15 is 0 Å². The number of ether oxygens (including phenoxy) is 1. The van der Waals surface area contributed by atoms with Crippen molar-refractivity contribution in [3.05, 3.63) is 106 Å². The largest absolute Gasteiger partial charge is 0.457 e. The molecule has 2 aromatic heterocycles. The number of pyridine rings is 1. The van der Waals surface area contributed by atoms with Gasteiger partial charge in [-0.2, -0.15) is 10.2 Å². The zero-order chi connectivity index (χ0) is 22.8. The molecule has 7 nitrogen and oxygen atoms in total. The SMILES string of the molecule is Cc1nc(-c2ccc(Cn3c(=O)ccc4cc(Oc5cccc(C#N)c5)ccc43)cc2)no1. The number of rotatable bonds is 5. The highest BCUT2D eigenvalue weighted by Crippen LogP contribution is 2.26. The van der Waals surface area contributed by atoms with Crippen molar-refractivity contribution in [2.75, 3.05) is 0 Å². The van der Waals surface area contributed by atoms with E-state index in [1.165, 1.54) is 0 Å². The second-order valence-electron chi connectivity index (χ2n) is 7.55. The monoisotopic (exact) mass is 434 g/mol. The van der Waals surface area contributed by atoms with Gasteiger partial charge < -0.3 is 13.8 Å². The van der Waals surface area contributed by atoms with E-state index in [1.807, 2.05) is 42.5 Å². The zero-order valence-corrected chi connectivity index (χ0v) is 17.7. The van der Waals surface area contributed by atoms with Gasteiger partial charge >= 0.3 is 0 Å². The predicted octanol–water partition coefficient (Wildman–Crippen LogP) is 5.07. The van der Waals surface area contributed by atoms with Gasteiger partial charge in [0.05, 0.1) is 23.7 Å². The normalized spacial score (nSPS) is 10.8. The Morgan fingerprint density at radius 3 is 2.58 bits per heavy atom. The van der Waals surface area contributed by atoms with E-state index in [-0.39, 0.29) is 5.56 Å². The van der Waals surface area contributed by atoms with E-state index < -0.39 is 0 Å². The Morgan fingerprint density at radius 2 is 1.82 bits per heavy atom. The van der Waals surface area contributed by atoms with Gasteiger partial charge in [-0.15, -0.1) is 0 Å². The molecule has 0 aliphatic rings. The second-order valence-corrected chi connectivity index (χ2v) is 7.55. The minimum atomic E-state index is -0.0873. The number of hydrogen-bond acceptors (Lipinski definition) is 6. The Hall–Kier alpha value is -4.70. The molecule has 0 saturated carbocycles. The fourth-order valence-corrected chi connectivity index (χ4v) is 3.63. The molecule has 0 fully saturated rings. The minimum Gasteiger partial charge on any atom is -0.457 e. The van der Waals surface area contributed by atoms with E-state index in [0.29, 0.717) is 35.3 Å². The Labute approximate surface area is 189 Å². The molecule has 3 aromatic carbocycles. The number of nitrogens with zero attached hydrogens (tertiary/aromatic N) is 4. The first kappa shape index (κ1) is 20.2. The molecule has 0 aliphatic heterocycles. The van der Waals surface area contributed by atoms with Crippen molar-refractivity contribution in [1.29, 1.82) is 5.26 Å². The molecule has 0 saturated heterocycles. The van der Waals surface area contributed by atoms with Crippen LogP contribution in [0.2, 0.25) is 0 Å². The Morgan fingerprint density at radius 1 is 1.00 bits per heavy atom. The Balaban J connectivity index is 1.43. The topological polar surface area (TPSA) is 93.9 Å². The van der Waals surface area contributed by atoms with E-state index in [9.17, 15) is 4.79 Å². The average molecular weight is 434 g/mol. The van der Waals surface area contributed by atoms with Crippen molar-refractivity contribution in [3.63, 3.8) is 0 Å². The summed E-state index contributed by atoms with van der Waals surface area (Å²) in [5, 5.41) is 13.9. The fourth-order valence-electron chi connectivity index (χ4n) is 3.63. The van der Waals surface area contributed by atoms with Gasteiger partial charge in [-0.3, -0.25) is 4.79 Å². The number of hydrogen-bond donors (Lipinski definition) is 0. The number of aromatic nitrogens is 3. The number of fused-ring (bicyclic) bond motifs is 1. The molecule has 0 unspecified atom stereocenters. The summed E-state index contributed by atoms with van der Waals surface area (Å²) in [6, 6.07) is 25.7. The van der Waals surface area contributed by atoms with Crippen LogP contribution in [0.5, 0.6) is 11.5 Å². The third-order valence-corrected chi connectivity index (χ3v) is 5.24. The van der Waals surface area contributed by atoms with E-state index in [2.05, 4.69) is 16.2 Å². The maximum absolute atomic E-state index is 12.6. The van der Waals surface area contributed by atoms with E-state index in [1.54, 1.807) is 47.9 Å². The summed E-state index contributed by atoms with van der Waals surface area (Å²) in [6.07, 6.45) is 0. The highest BCUT2D eigenvalue weighted by atomic mass is 16.5. The minimum absolute atomic E-state index is 0.0873. The van der Waals surface area contributed by atoms with Crippen molar-refractivity contribution in [1.82, 2.24) is 14.7 Å². The van der Waals surface area contributed by atoms with Crippen LogP contribution < -0.4 is 10.3 Å². The van der Waals surface area contributed by atoms with Crippen LogP contribution >= 0.6 is 0 Å². The first-order valence-corrected chi connectivity index (χ1v) is 10.3. The molecule has 0 N–H and O–H groups in total. The molecule has 33 heavy (non-hydrogen) atoms. The molecule has 0 bridgehead atoms. The van der Waals surface area contributed by atoms with Crippen molar-refractivity contribution in [2.45, 2.75) is 13.5 Å². The molecule has 5 rings (SSSR count). The van der Waals surface area contributed by atoms with Gasteiger partial charge in [0.25, 0.3) is 5.56 Å². The molecule has 0 radical (unpaired) electrons. The van der Waals surface area contributed by atoms with Crippen LogP contribution in [0.15, 0.2) is 88.2 Å². The maximum atomic E-state index is 12.6. The summed E-state index contributed by atoms with van der Waals surface area (Å²) in [7, 11) is 0. The van der Waals surface area contributed by atoms with Gasteiger partial charge in [-0.05, 0) is 48.0 Å². The van der Waals surface area contributed by atoms with Crippen LogP contribution in [-0.4, -0.2) is 14.7 Å². The van der Waals surface area contributed by atoms with Gasteiger partial charge in [0, 0.05) is 23.9 Å². The molecule has 7 heteroatoms. The summed E-state index contributed by atoms with van der Waals surface area (Å²) in [4.78, 5) is 16.9. The maximum Gasteiger partial charge on any atom is 0.251 e. The number of benzene rings is 3. The van der Waals surface area contributed by atoms with Gasteiger partial charge in [-0.25, -0.2) is 0 Å².